The number of hydrogen-bond acceptors (Lipinski definition) is 3. The van der Waals surface area contributed by atoms with E-state index in [-0.39, 0.29) is 0 Å². The molecule has 0 saturated carbocycles. The minimum absolute atomic E-state index is 0.592. The van der Waals surface area contributed by atoms with Gasteiger partial charge in [-0.1, -0.05) is 273 Å². The summed E-state index contributed by atoms with van der Waals surface area (Å²) in [6, 6.07) is 135. The first-order chi connectivity index (χ1) is 51.9. The van der Waals surface area contributed by atoms with Crippen LogP contribution >= 0.6 is 0 Å². The van der Waals surface area contributed by atoms with Crippen LogP contribution in [0.25, 0.3) is 146 Å². The monoisotopic (exact) mass is 1330 g/mol. The molecule has 0 aliphatic carbocycles. The maximum Gasteiger partial charge on any atom is 0.187 e. The molecule has 0 fully saturated rings. The maximum atomic E-state index is 9.45. The molecule has 0 spiro atoms. The van der Waals surface area contributed by atoms with E-state index in [4.69, 9.17) is 13.1 Å². The van der Waals surface area contributed by atoms with Crippen LogP contribution in [0.4, 0.5) is 45.5 Å². The van der Waals surface area contributed by atoms with Gasteiger partial charge in [0.2, 0.25) is 0 Å². The molecule has 18 aromatic carbocycles. The van der Waals surface area contributed by atoms with E-state index in [0.29, 0.717) is 16.9 Å². The Hall–Kier alpha value is -14.6. The Kier molecular flexibility index (Phi) is 16.0. The lowest BCUT2D eigenvalue weighted by atomic mass is 9.89. The number of nitriles is 1. The van der Waals surface area contributed by atoms with Crippen LogP contribution in [-0.4, -0.2) is 4.57 Å². The second-order valence-corrected chi connectivity index (χ2v) is 26.4. The van der Waals surface area contributed by atoms with Crippen molar-refractivity contribution >= 4 is 132 Å². The van der Waals surface area contributed by atoms with Crippen LogP contribution in [0.3, 0.4) is 0 Å². The fourth-order valence-corrected chi connectivity index (χ4v) is 15.5. The molecule has 0 saturated heterocycles. The molecule has 1 aromatic heterocycles. The number of fused-ring (bicyclic) bond motifs is 9. The summed E-state index contributed by atoms with van der Waals surface area (Å²) in [6.07, 6.45) is 0. The van der Waals surface area contributed by atoms with Gasteiger partial charge in [-0.25, -0.2) is 9.69 Å². The molecule has 0 aliphatic rings. The molecule has 6 heteroatoms. The molecule has 19 aromatic rings. The van der Waals surface area contributed by atoms with Gasteiger partial charge in [-0.3, -0.25) is 0 Å². The normalized spacial score (nSPS) is 11.2. The number of nitrogens with zero attached hydrogens (tertiary/aromatic N) is 6. The molecule has 0 N–H and O–H groups in total. The standard InChI is InChI=1S/C61H39N3.C38H23N3/c1-62-48-31-33-49(34-32-48)63(61-54-25-12-10-23-52(54)60(53-24-11-13-26-55(53)61)47-28-27-43-19-8-9-20-44(43)37-47)50-21-14-22-51(40-50)64-58-35-29-45(41-15-4-2-5-16-41)38-56(58)57-39-46(30-36-59(57)64)42-17-6-3-7-18-42;1-40-30-18-22-32(23-19-30)41(31-20-14-26(25-39)15-21-31)38-35-12-6-4-10-33(35)37(34-11-5-7-13-36(34)38)29-17-16-27-8-2-3-9-28(27)24-29/h2-40H;2-24H. The van der Waals surface area contributed by atoms with E-state index in [1.807, 2.05) is 60.7 Å². The zero-order valence-corrected chi connectivity index (χ0v) is 57.0. The van der Waals surface area contributed by atoms with Crippen LogP contribution in [0.5, 0.6) is 0 Å². The van der Waals surface area contributed by atoms with Gasteiger partial charge >= 0.3 is 0 Å². The predicted molar refractivity (Wildman–Crippen MR) is 441 cm³/mol. The number of aromatic nitrogens is 1. The average Bonchev–Trinajstić information content (AvgIpc) is 1.45. The Balaban J connectivity index is 0.000000165. The molecular formula is C99H62N6. The average molecular weight is 1340 g/mol. The molecule has 0 radical (unpaired) electrons. The van der Waals surface area contributed by atoms with Gasteiger partial charge in [-0.2, -0.15) is 5.26 Å². The Morgan fingerprint density at radius 2 is 0.610 bits per heavy atom. The van der Waals surface area contributed by atoms with Crippen molar-refractivity contribution in [1.29, 1.82) is 5.26 Å². The highest BCUT2D eigenvalue weighted by molar-refractivity contribution is 6.24. The summed E-state index contributed by atoms with van der Waals surface area (Å²) in [6.45, 7) is 15.2. The van der Waals surface area contributed by atoms with E-state index < -0.39 is 0 Å². The fourth-order valence-electron chi connectivity index (χ4n) is 15.5. The lowest BCUT2D eigenvalue weighted by Gasteiger charge is -2.30. The van der Waals surface area contributed by atoms with Crippen LogP contribution in [0, 0.1) is 24.5 Å². The zero-order valence-electron chi connectivity index (χ0n) is 57.0. The minimum atomic E-state index is 0.592. The maximum absolute atomic E-state index is 9.45. The van der Waals surface area contributed by atoms with Gasteiger partial charge in [-0.15, -0.1) is 0 Å². The van der Waals surface area contributed by atoms with Gasteiger partial charge in [0.1, 0.15) is 0 Å². The summed E-state index contributed by atoms with van der Waals surface area (Å²) in [5, 5.41) is 25.9. The Morgan fingerprint density at radius 3 is 1.01 bits per heavy atom. The molecular weight excluding hydrogens is 1270 g/mol. The minimum Gasteiger partial charge on any atom is -0.309 e. The summed E-state index contributed by atoms with van der Waals surface area (Å²) in [7, 11) is 0. The van der Waals surface area contributed by atoms with Crippen LogP contribution in [-0.2, 0) is 0 Å². The third-order valence-corrected chi connectivity index (χ3v) is 20.4. The Morgan fingerprint density at radius 1 is 0.257 bits per heavy atom. The van der Waals surface area contributed by atoms with E-state index in [1.165, 1.54) is 87.6 Å². The van der Waals surface area contributed by atoms with E-state index >= 15 is 0 Å². The highest BCUT2D eigenvalue weighted by atomic mass is 15.2. The first-order valence-corrected chi connectivity index (χ1v) is 35.2. The lowest BCUT2D eigenvalue weighted by molar-refractivity contribution is 1.17. The third-order valence-electron chi connectivity index (χ3n) is 20.4. The van der Waals surface area contributed by atoms with Crippen LogP contribution in [0.15, 0.2) is 376 Å². The first-order valence-electron chi connectivity index (χ1n) is 35.2. The first kappa shape index (κ1) is 62.6. The van der Waals surface area contributed by atoms with Gasteiger partial charge in [0.15, 0.2) is 11.4 Å². The smallest absolute Gasteiger partial charge is 0.187 e. The summed E-state index contributed by atoms with van der Waals surface area (Å²) < 4.78 is 2.41. The molecule has 0 bridgehead atoms. The number of rotatable bonds is 11. The SMILES string of the molecule is [C-]#[N+]c1ccc(N(c2ccc(C#N)cc2)c2c3ccccc3c(-c3ccc4ccccc4c3)c3ccccc23)cc1.[C-]#[N+]c1ccc(N(c2cccc(-n3c4ccc(-c5ccccc5)cc4c4cc(-c5ccccc5)ccc43)c2)c2c3ccccc3c(-c3ccc4ccccc4c3)c3ccccc23)cc1. The van der Waals surface area contributed by atoms with Crippen molar-refractivity contribution in [3.63, 3.8) is 0 Å². The van der Waals surface area contributed by atoms with E-state index in [0.717, 1.165) is 83.2 Å². The van der Waals surface area contributed by atoms with E-state index in [2.05, 4.69) is 346 Å². The molecule has 105 heavy (non-hydrogen) atoms. The number of anilines is 6. The molecule has 0 atom stereocenters. The summed E-state index contributed by atoms with van der Waals surface area (Å²) in [5.41, 5.74) is 20.7. The number of benzene rings is 18. The highest BCUT2D eigenvalue weighted by Gasteiger charge is 2.26. The lowest BCUT2D eigenvalue weighted by Crippen LogP contribution is -2.12. The van der Waals surface area contributed by atoms with Gasteiger partial charge in [-0.05, 0) is 191 Å². The molecule has 0 aliphatic heterocycles. The second kappa shape index (κ2) is 26.8. The van der Waals surface area contributed by atoms with Crippen molar-refractivity contribution in [2.24, 2.45) is 0 Å². The second-order valence-electron chi connectivity index (χ2n) is 26.4. The summed E-state index contributed by atoms with van der Waals surface area (Å²) in [4.78, 5) is 12.0. The Bertz CT molecular complexity index is 6470. The predicted octanol–water partition coefficient (Wildman–Crippen LogP) is 28.0. The highest BCUT2D eigenvalue weighted by Crippen LogP contribution is 2.52. The van der Waals surface area contributed by atoms with Crippen LogP contribution in [0.2, 0.25) is 0 Å². The van der Waals surface area contributed by atoms with Crippen LogP contribution in [0.1, 0.15) is 5.56 Å². The van der Waals surface area contributed by atoms with Gasteiger partial charge in [0.05, 0.1) is 47.2 Å². The van der Waals surface area contributed by atoms with Crippen molar-refractivity contribution in [2.75, 3.05) is 9.80 Å². The molecule has 6 nitrogen and oxygen atoms in total. The molecule has 19 rings (SSSR count). The van der Waals surface area contributed by atoms with Gasteiger partial charge in [0.25, 0.3) is 0 Å². The molecule has 0 unspecified atom stereocenters. The molecule has 1 heterocycles. The zero-order chi connectivity index (χ0) is 70.3. The van der Waals surface area contributed by atoms with Crippen molar-refractivity contribution in [2.45, 2.75) is 0 Å². The topological polar surface area (TPSA) is 43.9 Å². The van der Waals surface area contributed by atoms with Crippen molar-refractivity contribution < 1.29 is 0 Å². The van der Waals surface area contributed by atoms with Crippen LogP contribution < -0.4 is 9.80 Å². The van der Waals surface area contributed by atoms with Crippen molar-refractivity contribution in [3.8, 4) is 56.3 Å². The number of hydrogen-bond donors (Lipinski definition) is 0. The fraction of sp³-hybridized carbons (Fsp3) is 0. The third kappa shape index (κ3) is 11.3. The molecule has 488 valence electrons. The van der Waals surface area contributed by atoms with E-state index in [9.17, 15) is 5.26 Å². The van der Waals surface area contributed by atoms with E-state index in [1.54, 1.807) is 0 Å². The summed E-state index contributed by atoms with van der Waals surface area (Å²) >= 11 is 0. The summed E-state index contributed by atoms with van der Waals surface area (Å²) in [5.74, 6) is 0. The van der Waals surface area contributed by atoms with Crippen molar-refractivity contribution in [3.05, 3.63) is 405 Å². The Labute approximate surface area is 608 Å². The van der Waals surface area contributed by atoms with Gasteiger partial charge in [0, 0.05) is 60.8 Å². The van der Waals surface area contributed by atoms with Crippen molar-refractivity contribution in [1.82, 2.24) is 4.57 Å². The largest absolute Gasteiger partial charge is 0.309 e. The quantitative estimate of drug-likeness (QED) is 0.0957. The molecule has 0 amide bonds. The van der Waals surface area contributed by atoms with Gasteiger partial charge < -0.3 is 14.4 Å².